The Morgan fingerprint density at radius 1 is 1.35 bits per heavy atom. The summed E-state index contributed by atoms with van der Waals surface area (Å²) in [5, 5.41) is 3.90. The first-order valence-electron chi connectivity index (χ1n) is 10.9. The number of aryl methyl sites for hydroxylation is 1. The molecule has 0 aliphatic carbocycles. The van der Waals surface area contributed by atoms with E-state index in [2.05, 4.69) is 20.2 Å². The van der Waals surface area contributed by atoms with Gasteiger partial charge in [0.1, 0.15) is 34.6 Å². The van der Waals surface area contributed by atoms with E-state index in [0.717, 1.165) is 19.4 Å². The van der Waals surface area contributed by atoms with Crippen molar-refractivity contribution in [1.82, 2.24) is 19.8 Å². The Labute approximate surface area is 200 Å². The third kappa shape index (κ3) is 5.10. The highest BCUT2D eigenvalue weighted by molar-refractivity contribution is 7.20. The number of benzene rings is 1. The molecule has 0 radical (unpaired) electrons. The number of rotatable bonds is 7. The molecule has 1 saturated heterocycles. The van der Waals surface area contributed by atoms with Crippen molar-refractivity contribution in [2.45, 2.75) is 25.9 Å². The van der Waals surface area contributed by atoms with Gasteiger partial charge in [0, 0.05) is 26.7 Å². The lowest BCUT2D eigenvalue weighted by Crippen LogP contribution is -2.45. The highest BCUT2D eigenvalue weighted by atomic mass is 32.1. The average molecular weight is 487 g/mol. The number of likely N-dealkylation sites (N-methyl/N-ethyl adjacent to an activating group) is 1. The highest BCUT2D eigenvalue weighted by Gasteiger charge is 2.25. The maximum Gasteiger partial charge on any atom is 0.259 e. The molecule has 1 atom stereocenters. The number of primary amides is 1. The van der Waals surface area contributed by atoms with Crippen molar-refractivity contribution in [2.24, 2.45) is 5.73 Å². The maximum atomic E-state index is 14.1. The number of carbonyl (C=O) groups excluding carboxylic acids is 2. The summed E-state index contributed by atoms with van der Waals surface area (Å²) in [4.78, 5) is 37.1. The molecule has 2 amide bonds. The number of nitrogens with two attached hydrogens (primary N) is 1. The molecule has 0 bridgehead atoms. The first-order valence-corrected chi connectivity index (χ1v) is 11.7. The lowest BCUT2D eigenvalue weighted by Gasteiger charge is -2.33. The van der Waals surface area contributed by atoms with E-state index in [1.54, 1.807) is 32.0 Å². The molecule has 34 heavy (non-hydrogen) atoms. The number of likely N-dealkylation sites (tertiary alicyclic amines) is 1. The smallest absolute Gasteiger partial charge is 0.259 e. The minimum atomic E-state index is -0.521. The van der Waals surface area contributed by atoms with Gasteiger partial charge in [0.25, 0.3) is 5.91 Å². The number of ether oxygens (including phenoxy) is 1. The predicted octanol–water partition coefficient (Wildman–Crippen LogP) is 2.91. The molecule has 4 rings (SSSR count). The zero-order valence-electron chi connectivity index (χ0n) is 19.3. The van der Waals surface area contributed by atoms with Crippen LogP contribution in [0.25, 0.3) is 10.2 Å². The fourth-order valence-corrected chi connectivity index (χ4v) is 4.99. The molecular formula is C23H27FN6O3S. The van der Waals surface area contributed by atoms with E-state index >= 15 is 0 Å². The highest BCUT2D eigenvalue weighted by Crippen LogP contribution is 2.36. The normalized spacial score (nSPS) is 16.4. The van der Waals surface area contributed by atoms with Gasteiger partial charge in [-0.25, -0.2) is 14.4 Å². The van der Waals surface area contributed by atoms with Crippen molar-refractivity contribution in [2.75, 3.05) is 39.0 Å². The second kappa shape index (κ2) is 9.90. The summed E-state index contributed by atoms with van der Waals surface area (Å²) >= 11 is 1.21. The van der Waals surface area contributed by atoms with E-state index in [4.69, 9.17) is 10.5 Å². The number of piperidine rings is 1. The Kier molecular flexibility index (Phi) is 6.94. The van der Waals surface area contributed by atoms with Gasteiger partial charge in [-0.15, -0.1) is 11.3 Å². The third-order valence-corrected chi connectivity index (χ3v) is 6.98. The molecule has 3 N–H and O–H groups in total. The van der Waals surface area contributed by atoms with Gasteiger partial charge < -0.3 is 20.7 Å². The predicted molar refractivity (Wildman–Crippen MR) is 129 cm³/mol. The molecule has 11 heteroatoms. The number of hydrogen-bond donors (Lipinski definition) is 2. The van der Waals surface area contributed by atoms with E-state index < -0.39 is 11.7 Å². The Balaban J connectivity index is 1.58. The minimum absolute atomic E-state index is 0.0306. The fraction of sp³-hybridized carbons (Fsp3) is 0.391. The summed E-state index contributed by atoms with van der Waals surface area (Å²) in [6, 6.07) is 4.26. The van der Waals surface area contributed by atoms with E-state index in [1.165, 1.54) is 29.8 Å². The first kappa shape index (κ1) is 23.8. The van der Waals surface area contributed by atoms with Gasteiger partial charge in [-0.05, 0) is 44.0 Å². The van der Waals surface area contributed by atoms with Crippen LogP contribution in [0.3, 0.4) is 0 Å². The van der Waals surface area contributed by atoms with Crippen LogP contribution in [0.4, 0.5) is 15.9 Å². The van der Waals surface area contributed by atoms with Gasteiger partial charge in [0.2, 0.25) is 5.91 Å². The van der Waals surface area contributed by atoms with Crippen molar-refractivity contribution in [3.8, 4) is 5.75 Å². The van der Waals surface area contributed by atoms with Crippen molar-refractivity contribution >= 4 is 44.9 Å². The molecule has 1 fully saturated rings. The van der Waals surface area contributed by atoms with Crippen LogP contribution in [0, 0.1) is 12.7 Å². The summed E-state index contributed by atoms with van der Waals surface area (Å²) in [5.41, 5.74) is 6.72. The Morgan fingerprint density at radius 2 is 2.15 bits per heavy atom. The van der Waals surface area contributed by atoms with Crippen molar-refractivity contribution < 1.29 is 18.7 Å². The van der Waals surface area contributed by atoms with E-state index in [-0.39, 0.29) is 12.0 Å². The number of aromatic nitrogens is 2. The zero-order chi connectivity index (χ0) is 24.4. The van der Waals surface area contributed by atoms with E-state index in [0.29, 0.717) is 51.0 Å². The Bertz CT molecular complexity index is 1230. The molecule has 9 nitrogen and oxygen atoms in total. The topological polar surface area (TPSA) is 114 Å². The number of nitrogens with one attached hydrogen (secondary N) is 1. The summed E-state index contributed by atoms with van der Waals surface area (Å²) < 4.78 is 20.4. The molecule has 3 aromatic rings. The van der Waals surface area contributed by atoms with E-state index in [1.807, 2.05) is 0 Å². The van der Waals surface area contributed by atoms with Gasteiger partial charge in [-0.1, -0.05) is 0 Å². The van der Waals surface area contributed by atoms with Crippen molar-refractivity contribution in [3.05, 3.63) is 40.8 Å². The molecule has 3 heterocycles. The summed E-state index contributed by atoms with van der Waals surface area (Å²) in [5.74, 6) is -0.0912. The van der Waals surface area contributed by atoms with Crippen molar-refractivity contribution in [1.29, 1.82) is 0 Å². The first-order chi connectivity index (χ1) is 16.2. The van der Waals surface area contributed by atoms with Crippen LogP contribution in [0.5, 0.6) is 5.75 Å². The van der Waals surface area contributed by atoms with Crippen LogP contribution < -0.4 is 15.8 Å². The number of thiophene rings is 1. The number of nitrogens with zero attached hydrogens (tertiary/aromatic N) is 4. The minimum Gasteiger partial charge on any atom is -0.487 e. The molecule has 180 valence electrons. The van der Waals surface area contributed by atoms with Crippen LogP contribution in [0.1, 0.15) is 28.1 Å². The summed E-state index contributed by atoms with van der Waals surface area (Å²) in [6.45, 7) is 3.49. The molecule has 1 aromatic carbocycles. The quantitative estimate of drug-likeness (QED) is 0.528. The SMILES string of the molecule is Cc1c(C(N)=O)sc2ncnc(Nc3ccc(F)cc3O[C@H]3CCCN(CC(=O)N(C)C)C3)c12. The zero-order valence-corrected chi connectivity index (χ0v) is 20.1. The molecule has 0 unspecified atom stereocenters. The number of anilines is 2. The van der Waals surface area contributed by atoms with Crippen molar-refractivity contribution in [3.63, 3.8) is 0 Å². The standard InChI is InChI=1S/C23H27FN6O3S/c1-13-19-22(26-12-27-23(19)34-20(13)21(25)32)28-16-7-6-14(24)9-17(16)33-15-5-4-8-30(10-15)11-18(31)29(2)3/h6-7,9,12,15H,4-5,8,10-11H2,1-3H3,(H2,25,32)(H,26,27,28)/t15-/m0/s1. The number of carbonyl (C=O) groups is 2. The Hall–Kier alpha value is -3.31. The molecule has 1 aliphatic rings. The second-order valence-corrected chi connectivity index (χ2v) is 9.49. The molecule has 1 aliphatic heterocycles. The molecule has 0 saturated carbocycles. The maximum absolute atomic E-state index is 14.1. The number of amides is 2. The van der Waals surface area contributed by atoms with Crippen LogP contribution in [-0.4, -0.2) is 71.4 Å². The molecule has 2 aromatic heterocycles. The van der Waals surface area contributed by atoms with Gasteiger partial charge in [0.05, 0.1) is 22.5 Å². The van der Waals surface area contributed by atoms with Crippen LogP contribution in [0.2, 0.25) is 0 Å². The number of hydrogen-bond acceptors (Lipinski definition) is 8. The average Bonchev–Trinajstić information content (AvgIpc) is 3.13. The summed E-state index contributed by atoms with van der Waals surface area (Å²) in [6.07, 6.45) is 2.88. The number of fused-ring (bicyclic) bond motifs is 1. The lowest BCUT2D eigenvalue weighted by molar-refractivity contribution is -0.130. The summed E-state index contributed by atoms with van der Waals surface area (Å²) in [7, 11) is 3.47. The van der Waals surface area contributed by atoms with E-state index in [9.17, 15) is 14.0 Å². The fourth-order valence-electron chi connectivity index (χ4n) is 3.99. The van der Waals surface area contributed by atoms with Crippen LogP contribution in [0.15, 0.2) is 24.5 Å². The molecule has 0 spiro atoms. The van der Waals surface area contributed by atoms with Gasteiger partial charge in [-0.3, -0.25) is 14.5 Å². The third-order valence-electron chi connectivity index (χ3n) is 5.76. The van der Waals surface area contributed by atoms with Gasteiger partial charge in [-0.2, -0.15) is 0 Å². The lowest BCUT2D eigenvalue weighted by atomic mass is 10.1. The Morgan fingerprint density at radius 3 is 2.88 bits per heavy atom. The number of halogens is 1. The van der Waals surface area contributed by atoms with Crippen LogP contribution in [-0.2, 0) is 4.79 Å². The largest absolute Gasteiger partial charge is 0.487 e. The molecular weight excluding hydrogens is 459 g/mol. The van der Waals surface area contributed by atoms with Gasteiger partial charge >= 0.3 is 0 Å². The monoisotopic (exact) mass is 486 g/mol. The van der Waals surface area contributed by atoms with Crippen LogP contribution >= 0.6 is 11.3 Å². The second-order valence-electron chi connectivity index (χ2n) is 8.49. The van der Waals surface area contributed by atoms with Gasteiger partial charge in [0.15, 0.2) is 0 Å².